The first-order chi connectivity index (χ1) is 12.8. The van der Waals surface area contributed by atoms with Crippen molar-refractivity contribution in [2.24, 2.45) is 5.92 Å². The summed E-state index contributed by atoms with van der Waals surface area (Å²) in [5.74, 6) is 0.927. The summed E-state index contributed by atoms with van der Waals surface area (Å²) in [4.78, 5) is 19.9. The lowest BCUT2D eigenvalue weighted by Crippen LogP contribution is -2.28. The van der Waals surface area contributed by atoms with Crippen LogP contribution in [0.1, 0.15) is 45.6 Å². The Morgan fingerprint density at radius 3 is 2.52 bits per heavy atom. The lowest BCUT2D eigenvalue weighted by molar-refractivity contribution is -0.385. The van der Waals surface area contributed by atoms with E-state index < -0.39 is 4.92 Å². The van der Waals surface area contributed by atoms with Crippen LogP contribution in [0.2, 0.25) is 0 Å². The molecule has 0 spiro atoms. The minimum absolute atomic E-state index is 0.00260. The fraction of sp³-hybridized carbons (Fsp3) is 0.579. The summed E-state index contributed by atoms with van der Waals surface area (Å²) in [6.45, 7) is 8.47. The molecule has 1 fully saturated rings. The van der Waals surface area contributed by atoms with Gasteiger partial charge in [-0.3, -0.25) is 14.9 Å². The molecule has 0 atom stereocenters. The molecule has 148 valence electrons. The van der Waals surface area contributed by atoms with Crippen LogP contribution in [0.15, 0.2) is 18.2 Å². The summed E-state index contributed by atoms with van der Waals surface area (Å²) in [6.07, 6.45) is 3.17. The molecular weight excluding hydrogens is 350 g/mol. The summed E-state index contributed by atoms with van der Waals surface area (Å²) in [6, 6.07) is 6.32. The minimum atomic E-state index is -0.557. The molecule has 1 aromatic carbocycles. The summed E-state index contributed by atoms with van der Waals surface area (Å²) in [5, 5.41) is 23.2. The van der Waals surface area contributed by atoms with Gasteiger partial charge in [0.25, 0.3) is 12.2 Å². The molecule has 0 aliphatic carbocycles. The number of nitro benzene ring substituents is 1. The largest absolute Gasteiger partial charge is 0.492 e. The van der Waals surface area contributed by atoms with Crippen LogP contribution in [0.25, 0.3) is 0 Å². The normalized spacial score (nSPS) is 14.3. The second kappa shape index (κ2) is 11.1. The van der Waals surface area contributed by atoms with E-state index in [0.29, 0.717) is 24.7 Å². The highest BCUT2D eigenvalue weighted by atomic mass is 16.6. The number of rotatable bonds is 6. The van der Waals surface area contributed by atoms with Gasteiger partial charge >= 0.3 is 0 Å². The third-order valence-corrected chi connectivity index (χ3v) is 3.96. The Bertz CT molecular complexity index is 658. The van der Waals surface area contributed by atoms with Crippen LogP contribution in [0.5, 0.6) is 5.75 Å². The van der Waals surface area contributed by atoms with Gasteiger partial charge in [0, 0.05) is 6.07 Å². The molecule has 1 aliphatic heterocycles. The van der Waals surface area contributed by atoms with Gasteiger partial charge in [-0.2, -0.15) is 5.26 Å². The topological polar surface area (TPSA) is 114 Å². The molecule has 0 radical (unpaired) electrons. The van der Waals surface area contributed by atoms with Crippen molar-refractivity contribution in [1.82, 2.24) is 5.32 Å². The highest BCUT2D eigenvalue weighted by molar-refractivity contribution is 5.56. The van der Waals surface area contributed by atoms with E-state index in [2.05, 4.69) is 10.1 Å². The zero-order valence-electron chi connectivity index (χ0n) is 16.1. The molecule has 1 aromatic rings. The Labute approximate surface area is 159 Å². The molecular formula is C19H27N3O5. The molecule has 1 heterocycles. The van der Waals surface area contributed by atoms with Gasteiger partial charge in [-0.05, 0) is 65.1 Å². The molecule has 0 aromatic heterocycles. The third kappa shape index (κ3) is 8.51. The number of nitrogens with zero attached hydrogens (tertiary/aromatic N) is 2. The molecule has 1 aliphatic rings. The number of nitro groups is 1. The summed E-state index contributed by atoms with van der Waals surface area (Å²) in [5.41, 5.74) is -0.517. The van der Waals surface area contributed by atoms with Crippen LogP contribution in [-0.2, 0) is 9.53 Å². The first-order valence-corrected chi connectivity index (χ1v) is 8.91. The molecule has 1 N–H and O–H groups in total. The second-order valence-corrected chi connectivity index (χ2v) is 7.18. The molecule has 0 saturated carbocycles. The van der Waals surface area contributed by atoms with Crippen LogP contribution in [-0.4, -0.2) is 36.7 Å². The number of piperidine rings is 1. The Kier molecular flexibility index (Phi) is 9.23. The van der Waals surface area contributed by atoms with E-state index in [0.717, 1.165) is 32.4 Å². The molecule has 1 saturated heterocycles. The monoisotopic (exact) mass is 377 g/mol. The highest BCUT2D eigenvalue weighted by Crippen LogP contribution is 2.28. The number of carbonyl (C=O) groups is 1. The summed E-state index contributed by atoms with van der Waals surface area (Å²) >= 11 is 0. The van der Waals surface area contributed by atoms with Crippen molar-refractivity contribution in [3.63, 3.8) is 0 Å². The molecule has 8 heteroatoms. The van der Waals surface area contributed by atoms with E-state index in [1.54, 1.807) is 12.1 Å². The van der Waals surface area contributed by atoms with Gasteiger partial charge in [-0.15, -0.1) is 0 Å². The Hall–Kier alpha value is -2.66. The number of ether oxygens (including phenoxy) is 2. The van der Waals surface area contributed by atoms with Gasteiger partial charge in [0.1, 0.15) is 17.4 Å². The van der Waals surface area contributed by atoms with Crippen molar-refractivity contribution < 1.29 is 19.2 Å². The quantitative estimate of drug-likeness (QED) is 0.460. The van der Waals surface area contributed by atoms with Crippen LogP contribution >= 0.6 is 0 Å². The lowest BCUT2D eigenvalue weighted by atomic mass is 9.95. The van der Waals surface area contributed by atoms with Crippen LogP contribution < -0.4 is 10.1 Å². The molecule has 0 bridgehead atoms. The fourth-order valence-corrected chi connectivity index (χ4v) is 2.55. The average Bonchev–Trinajstić information content (AvgIpc) is 2.62. The zero-order valence-corrected chi connectivity index (χ0v) is 16.1. The van der Waals surface area contributed by atoms with Crippen molar-refractivity contribution in [3.05, 3.63) is 33.9 Å². The number of benzene rings is 1. The van der Waals surface area contributed by atoms with Crippen LogP contribution in [0.4, 0.5) is 5.69 Å². The standard InChI is InChI=1S/C14H17N3O3.C5H10O2/c15-10-12-13(17(18)19)2-1-3-14(12)20-9-6-11-4-7-16-8-5-11;1-5(2,3)7-4-6/h1-3,11,16H,4-9H2;4H,1-3H3. The van der Waals surface area contributed by atoms with Crippen molar-refractivity contribution in [2.75, 3.05) is 19.7 Å². The SMILES string of the molecule is CC(C)(C)OC=O.N#Cc1c(OCCC2CCNCC2)cccc1[N+](=O)[O-]. The van der Waals surface area contributed by atoms with Crippen molar-refractivity contribution in [1.29, 1.82) is 5.26 Å². The predicted molar refractivity (Wildman–Crippen MR) is 100 cm³/mol. The van der Waals surface area contributed by atoms with E-state index in [9.17, 15) is 14.9 Å². The van der Waals surface area contributed by atoms with Gasteiger partial charge in [0.15, 0.2) is 5.56 Å². The van der Waals surface area contributed by atoms with Crippen LogP contribution in [0.3, 0.4) is 0 Å². The van der Waals surface area contributed by atoms with Gasteiger partial charge in [-0.25, -0.2) is 0 Å². The maximum absolute atomic E-state index is 10.8. The van der Waals surface area contributed by atoms with Crippen LogP contribution in [0, 0.1) is 27.4 Å². The Morgan fingerprint density at radius 2 is 2.04 bits per heavy atom. The molecule has 27 heavy (non-hydrogen) atoms. The fourth-order valence-electron chi connectivity index (χ4n) is 2.55. The number of hydrogen-bond acceptors (Lipinski definition) is 7. The number of nitriles is 1. The van der Waals surface area contributed by atoms with E-state index in [1.807, 2.05) is 26.8 Å². The van der Waals surface area contributed by atoms with Gasteiger partial charge in [0.05, 0.1) is 11.5 Å². The van der Waals surface area contributed by atoms with Gasteiger partial charge < -0.3 is 14.8 Å². The summed E-state index contributed by atoms with van der Waals surface area (Å²) in [7, 11) is 0. The molecule has 0 unspecified atom stereocenters. The zero-order chi connectivity index (χ0) is 20.3. The maximum atomic E-state index is 10.8. The van der Waals surface area contributed by atoms with Crippen molar-refractivity contribution in [2.45, 2.75) is 45.6 Å². The number of nitrogens with one attached hydrogen (secondary N) is 1. The highest BCUT2D eigenvalue weighted by Gasteiger charge is 2.19. The first kappa shape index (κ1) is 22.4. The van der Waals surface area contributed by atoms with E-state index >= 15 is 0 Å². The average molecular weight is 377 g/mol. The maximum Gasteiger partial charge on any atom is 0.293 e. The van der Waals surface area contributed by atoms with E-state index in [4.69, 9.17) is 10.00 Å². The van der Waals surface area contributed by atoms with E-state index in [-0.39, 0.29) is 16.9 Å². The molecule has 2 rings (SSSR count). The van der Waals surface area contributed by atoms with Gasteiger partial charge in [0.2, 0.25) is 0 Å². The van der Waals surface area contributed by atoms with Crippen molar-refractivity contribution in [3.8, 4) is 11.8 Å². The minimum Gasteiger partial charge on any atom is -0.492 e. The second-order valence-electron chi connectivity index (χ2n) is 7.18. The first-order valence-electron chi connectivity index (χ1n) is 8.91. The predicted octanol–water partition coefficient (Wildman–Crippen LogP) is 3.19. The Balaban J connectivity index is 0.000000445. The Morgan fingerprint density at radius 1 is 1.37 bits per heavy atom. The third-order valence-electron chi connectivity index (χ3n) is 3.96. The summed E-state index contributed by atoms with van der Waals surface area (Å²) < 4.78 is 10.1. The number of hydrogen-bond donors (Lipinski definition) is 1. The number of carbonyl (C=O) groups excluding carboxylic acids is 1. The van der Waals surface area contributed by atoms with Gasteiger partial charge in [-0.1, -0.05) is 6.07 Å². The van der Waals surface area contributed by atoms with E-state index in [1.165, 1.54) is 6.07 Å². The molecule has 0 amide bonds. The molecule has 8 nitrogen and oxygen atoms in total. The van der Waals surface area contributed by atoms with Crippen molar-refractivity contribution >= 4 is 12.2 Å². The lowest BCUT2D eigenvalue weighted by Gasteiger charge is -2.22. The smallest absolute Gasteiger partial charge is 0.293 e.